The maximum Gasteiger partial charge on any atom is 0.273 e. The monoisotopic (exact) mass is 439 g/mol. The van der Waals surface area contributed by atoms with Crippen molar-refractivity contribution >= 4 is 29.1 Å². The second kappa shape index (κ2) is 7.23. The van der Waals surface area contributed by atoms with Gasteiger partial charge in [0.2, 0.25) is 0 Å². The molecular weight excluding hydrogens is 425 g/mol. The van der Waals surface area contributed by atoms with Crippen LogP contribution in [-0.4, -0.2) is 26.1 Å². The molecule has 3 heterocycles. The topological polar surface area (TPSA) is 82.4 Å². The van der Waals surface area contributed by atoms with Gasteiger partial charge in [0.1, 0.15) is 22.9 Å². The third-order valence-corrected chi connectivity index (χ3v) is 5.62. The number of rotatable bonds is 4. The van der Waals surface area contributed by atoms with E-state index in [1.807, 2.05) is 24.3 Å². The van der Waals surface area contributed by atoms with E-state index in [-0.39, 0.29) is 18.2 Å². The van der Waals surface area contributed by atoms with Gasteiger partial charge in [-0.05, 0) is 48.0 Å². The number of benzene rings is 2. The van der Waals surface area contributed by atoms with E-state index >= 15 is 0 Å². The van der Waals surface area contributed by atoms with E-state index in [2.05, 4.69) is 10.2 Å². The normalized spacial score (nSPS) is 15.6. The van der Waals surface area contributed by atoms with E-state index in [0.717, 1.165) is 5.56 Å². The molecule has 0 saturated carbocycles. The largest absolute Gasteiger partial charge is 0.507 e. The number of aromatic hydroxyl groups is 1. The number of hydrogen-bond acceptors (Lipinski definition) is 4. The minimum absolute atomic E-state index is 0.0236. The predicted molar refractivity (Wildman–Crippen MR) is 113 cm³/mol. The van der Waals surface area contributed by atoms with Crippen LogP contribution in [-0.2, 0) is 6.54 Å². The molecule has 2 aromatic heterocycles. The van der Waals surface area contributed by atoms with Crippen molar-refractivity contribution in [2.24, 2.45) is 0 Å². The van der Waals surface area contributed by atoms with Crippen molar-refractivity contribution in [2.45, 2.75) is 12.6 Å². The van der Waals surface area contributed by atoms with Crippen molar-refractivity contribution in [3.63, 3.8) is 0 Å². The lowest BCUT2D eigenvalue weighted by molar-refractivity contribution is 0.0717. The zero-order valence-corrected chi connectivity index (χ0v) is 17.0. The average molecular weight is 440 g/mol. The molecule has 5 rings (SSSR count). The van der Waals surface area contributed by atoms with Gasteiger partial charge in [-0.1, -0.05) is 35.3 Å². The number of nitrogens with zero attached hydrogens (tertiary/aromatic N) is 2. The predicted octanol–water partition coefficient (Wildman–Crippen LogP) is 5.43. The van der Waals surface area contributed by atoms with Gasteiger partial charge in [0.05, 0.1) is 18.8 Å². The minimum atomic E-state index is -0.469. The van der Waals surface area contributed by atoms with E-state index in [1.165, 1.54) is 6.07 Å². The quantitative estimate of drug-likeness (QED) is 0.444. The first kappa shape index (κ1) is 18.8. The Morgan fingerprint density at radius 3 is 2.70 bits per heavy atom. The molecule has 1 amide bonds. The van der Waals surface area contributed by atoms with Crippen molar-refractivity contribution in [3.05, 3.63) is 93.5 Å². The van der Waals surface area contributed by atoms with Gasteiger partial charge >= 0.3 is 0 Å². The highest BCUT2D eigenvalue weighted by molar-refractivity contribution is 6.31. The van der Waals surface area contributed by atoms with Crippen LogP contribution in [0.25, 0.3) is 11.3 Å². The maximum atomic E-state index is 13.3. The summed E-state index contributed by atoms with van der Waals surface area (Å²) in [6.07, 6.45) is 1.57. The first-order valence-corrected chi connectivity index (χ1v) is 9.94. The van der Waals surface area contributed by atoms with Crippen LogP contribution in [0.1, 0.15) is 33.4 Å². The van der Waals surface area contributed by atoms with Crippen molar-refractivity contribution in [1.29, 1.82) is 0 Å². The number of fused-ring (bicyclic) bond motifs is 1. The molecule has 30 heavy (non-hydrogen) atoms. The van der Waals surface area contributed by atoms with Crippen molar-refractivity contribution in [3.8, 4) is 17.0 Å². The van der Waals surface area contributed by atoms with Crippen LogP contribution in [0.5, 0.6) is 5.75 Å². The lowest BCUT2D eigenvalue weighted by Gasteiger charge is -2.25. The van der Waals surface area contributed by atoms with Crippen LogP contribution in [0, 0.1) is 0 Å². The molecule has 0 aliphatic carbocycles. The zero-order chi connectivity index (χ0) is 20.8. The maximum absolute atomic E-state index is 13.3. The Labute approximate surface area is 181 Å². The van der Waals surface area contributed by atoms with Gasteiger partial charge in [-0.3, -0.25) is 9.89 Å². The van der Waals surface area contributed by atoms with Crippen LogP contribution in [0.2, 0.25) is 10.0 Å². The Balaban J connectivity index is 1.70. The SMILES string of the molecule is O=C1c2[nH]nc(-c3cc(Cl)ccc3O)c2C(c2cccc(Cl)c2)N1Cc1ccco1. The van der Waals surface area contributed by atoms with Gasteiger partial charge in [0.15, 0.2) is 0 Å². The molecule has 1 aliphatic heterocycles. The molecule has 0 saturated heterocycles. The number of H-pyrrole nitrogens is 1. The Morgan fingerprint density at radius 1 is 1.10 bits per heavy atom. The number of phenolic OH excluding ortho intramolecular Hbond substituents is 1. The van der Waals surface area contributed by atoms with E-state index in [4.69, 9.17) is 27.6 Å². The van der Waals surface area contributed by atoms with Gasteiger partial charge in [-0.15, -0.1) is 0 Å². The Morgan fingerprint density at radius 2 is 1.93 bits per heavy atom. The zero-order valence-electron chi connectivity index (χ0n) is 15.5. The number of carbonyl (C=O) groups is 1. The lowest BCUT2D eigenvalue weighted by atomic mass is 9.95. The van der Waals surface area contributed by atoms with Crippen LogP contribution < -0.4 is 0 Å². The number of phenols is 1. The third-order valence-electron chi connectivity index (χ3n) is 5.15. The van der Waals surface area contributed by atoms with E-state index in [9.17, 15) is 9.90 Å². The Hall–Kier alpha value is -3.22. The fourth-order valence-electron chi connectivity index (χ4n) is 3.86. The second-order valence-corrected chi connectivity index (χ2v) is 7.87. The first-order chi connectivity index (χ1) is 14.5. The molecule has 2 aromatic carbocycles. The summed E-state index contributed by atoms with van der Waals surface area (Å²) >= 11 is 12.4. The van der Waals surface area contributed by atoms with Crippen LogP contribution in [0.3, 0.4) is 0 Å². The molecule has 2 N–H and O–H groups in total. The van der Waals surface area contributed by atoms with Gasteiger partial charge in [-0.25, -0.2) is 0 Å². The average Bonchev–Trinajstić information content (AvgIpc) is 3.44. The minimum Gasteiger partial charge on any atom is -0.507 e. The highest BCUT2D eigenvalue weighted by Crippen LogP contribution is 2.45. The fraction of sp³-hybridized carbons (Fsp3) is 0.0909. The van der Waals surface area contributed by atoms with Gasteiger partial charge in [-0.2, -0.15) is 5.10 Å². The van der Waals surface area contributed by atoms with Crippen LogP contribution in [0.4, 0.5) is 0 Å². The van der Waals surface area contributed by atoms with E-state index in [1.54, 1.807) is 35.4 Å². The summed E-state index contributed by atoms with van der Waals surface area (Å²) < 4.78 is 5.47. The van der Waals surface area contributed by atoms with Crippen molar-refractivity contribution in [2.75, 3.05) is 0 Å². The molecule has 0 spiro atoms. The molecule has 1 unspecified atom stereocenters. The van der Waals surface area contributed by atoms with Gasteiger partial charge in [0, 0.05) is 21.2 Å². The lowest BCUT2D eigenvalue weighted by Crippen LogP contribution is -2.29. The second-order valence-electron chi connectivity index (χ2n) is 6.99. The molecule has 8 heteroatoms. The molecule has 1 aliphatic rings. The molecule has 1 atom stereocenters. The Kier molecular flexibility index (Phi) is 4.53. The molecule has 150 valence electrons. The molecule has 0 fully saturated rings. The third kappa shape index (κ3) is 3.05. The Bertz CT molecular complexity index is 1250. The molecule has 6 nitrogen and oxygen atoms in total. The molecular formula is C22H15Cl2N3O3. The molecule has 0 radical (unpaired) electrons. The van der Waals surface area contributed by atoms with Gasteiger partial charge < -0.3 is 14.4 Å². The molecule has 0 bridgehead atoms. The summed E-state index contributed by atoms with van der Waals surface area (Å²) in [5.41, 5.74) is 2.75. The fourth-order valence-corrected chi connectivity index (χ4v) is 4.23. The number of halogens is 2. The standard InChI is InChI=1S/C22H15Cl2N3O3/c23-13-4-1-3-12(9-13)21-18-19(16-10-14(24)6-7-17(16)28)25-26-20(18)22(29)27(21)11-15-5-2-8-30-15/h1-10,21,28H,11H2,(H,25,26). The smallest absolute Gasteiger partial charge is 0.273 e. The summed E-state index contributed by atoms with van der Waals surface area (Å²) in [5.74, 6) is 0.461. The number of aromatic nitrogens is 2. The first-order valence-electron chi connectivity index (χ1n) is 9.19. The highest BCUT2D eigenvalue weighted by atomic mass is 35.5. The number of carbonyl (C=O) groups excluding carboxylic acids is 1. The number of furan rings is 1. The van der Waals surface area contributed by atoms with Crippen molar-refractivity contribution in [1.82, 2.24) is 15.1 Å². The summed E-state index contributed by atoms with van der Waals surface area (Å²) in [6.45, 7) is 0.270. The van der Waals surface area contributed by atoms with Crippen LogP contribution >= 0.6 is 23.2 Å². The number of aromatic amines is 1. The number of amides is 1. The highest BCUT2D eigenvalue weighted by Gasteiger charge is 2.43. The number of nitrogens with one attached hydrogen (secondary N) is 1. The van der Waals surface area contributed by atoms with Gasteiger partial charge in [0.25, 0.3) is 5.91 Å². The summed E-state index contributed by atoms with van der Waals surface area (Å²) in [4.78, 5) is 15.0. The van der Waals surface area contributed by atoms with Crippen LogP contribution in [0.15, 0.2) is 65.3 Å². The summed E-state index contributed by atoms with van der Waals surface area (Å²) in [5, 5.41) is 18.6. The number of hydrogen-bond donors (Lipinski definition) is 2. The van der Waals surface area contributed by atoms with E-state index < -0.39 is 6.04 Å². The summed E-state index contributed by atoms with van der Waals surface area (Å²) in [6, 6.07) is 15.2. The molecule has 4 aromatic rings. The summed E-state index contributed by atoms with van der Waals surface area (Å²) in [7, 11) is 0. The van der Waals surface area contributed by atoms with E-state index in [0.29, 0.717) is 38.3 Å². The van der Waals surface area contributed by atoms with Crippen molar-refractivity contribution < 1.29 is 14.3 Å².